The van der Waals surface area contributed by atoms with E-state index in [9.17, 15) is 4.79 Å². The molecule has 0 bridgehead atoms. The molecule has 80 valence electrons. The summed E-state index contributed by atoms with van der Waals surface area (Å²) in [5, 5.41) is 3.37. The van der Waals surface area contributed by atoms with Crippen molar-refractivity contribution in [2.24, 2.45) is 5.41 Å². The fourth-order valence-electron chi connectivity index (χ4n) is 3.05. The Morgan fingerprint density at radius 1 is 1.64 bits per heavy atom. The van der Waals surface area contributed by atoms with E-state index in [0.29, 0.717) is 11.9 Å². The van der Waals surface area contributed by atoms with E-state index < -0.39 is 0 Å². The van der Waals surface area contributed by atoms with Crippen LogP contribution in [0.25, 0.3) is 0 Å². The van der Waals surface area contributed by atoms with Gasteiger partial charge in [0.25, 0.3) is 0 Å². The van der Waals surface area contributed by atoms with Gasteiger partial charge in [0.1, 0.15) is 0 Å². The maximum Gasteiger partial charge on any atom is 0.230 e. The van der Waals surface area contributed by atoms with Crippen LogP contribution in [0.1, 0.15) is 33.1 Å². The molecule has 3 nitrogen and oxygen atoms in total. The number of nitrogens with zero attached hydrogens (tertiary/aromatic N) is 1. The minimum absolute atomic E-state index is 0.0479. The molecule has 14 heavy (non-hydrogen) atoms. The van der Waals surface area contributed by atoms with Crippen LogP contribution in [-0.4, -0.2) is 36.5 Å². The van der Waals surface area contributed by atoms with E-state index in [4.69, 9.17) is 0 Å². The van der Waals surface area contributed by atoms with Crippen molar-refractivity contribution in [2.45, 2.75) is 39.2 Å². The molecule has 2 rings (SSSR count). The molecule has 1 N–H and O–H groups in total. The predicted octanol–water partition coefficient (Wildman–Crippen LogP) is 0.997. The summed E-state index contributed by atoms with van der Waals surface area (Å²) in [5.74, 6) is 0.389. The number of carbonyl (C=O) groups is 1. The van der Waals surface area contributed by atoms with Crippen molar-refractivity contribution in [3.05, 3.63) is 0 Å². The summed E-state index contributed by atoms with van der Waals surface area (Å²) >= 11 is 0. The molecule has 2 aliphatic heterocycles. The molecule has 1 amide bonds. The molecule has 0 radical (unpaired) electrons. The van der Waals surface area contributed by atoms with Crippen molar-refractivity contribution < 1.29 is 4.79 Å². The maximum atomic E-state index is 12.2. The van der Waals surface area contributed by atoms with Crippen molar-refractivity contribution in [1.29, 1.82) is 0 Å². The quantitative estimate of drug-likeness (QED) is 0.678. The van der Waals surface area contributed by atoms with Crippen LogP contribution in [0.2, 0.25) is 0 Å². The van der Waals surface area contributed by atoms with Gasteiger partial charge >= 0.3 is 0 Å². The summed E-state index contributed by atoms with van der Waals surface area (Å²) in [5.41, 5.74) is -0.0479. The first kappa shape index (κ1) is 9.97. The van der Waals surface area contributed by atoms with Gasteiger partial charge in [0.15, 0.2) is 0 Å². The van der Waals surface area contributed by atoms with Crippen LogP contribution in [-0.2, 0) is 4.79 Å². The molecule has 0 aromatic carbocycles. The summed E-state index contributed by atoms with van der Waals surface area (Å²) in [6.07, 6.45) is 3.28. The molecule has 2 saturated heterocycles. The Hall–Kier alpha value is -0.570. The SMILES string of the molecule is CCN1C(=O)C2(CCCNC2)CC1C. The van der Waals surface area contributed by atoms with Gasteiger partial charge in [0.2, 0.25) is 5.91 Å². The lowest BCUT2D eigenvalue weighted by Crippen LogP contribution is -2.45. The summed E-state index contributed by atoms with van der Waals surface area (Å²) in [6, 6.07) is 0.437. The zero-order chi connectivity index (χ0) is 10.2. The van der Waals surface area contributed by atoms with Gasteiger partial charge in [-0.2, -0.15) is 0 Å². The van der Waals surface area contributed by atoms with Crippen molar-refractivity contribution in [1.82, 2.24) is 10.2 Å². The predicted molar refractivity (Wildman–Crippen MR) is 56.0 cm³/mol. The highest BCUT2D eigenvalue weighted by Gasteiger charge is 2.49. The fraction of sp³-hybridized carbons (Fsp3) is 0.909. The molecule has 2 aliphatic rings. The zero-order valence-electron chi connectivity index (χ0n) is 9.18. The number of nitrogens with one attached hydrogen (secondary N) is 1. The Kier molecular flexibility index (Phi) is 2.52. The Bertz CT molecular complexity index is 233. The van der Waals surface area contributed by atoms with E-state index in [2.05, 4.69) is 19.2 Å². The van der Waals surface area contributed by atoms with Crippen LogP contribution >= 0.6 is 0 Å². The van der Waals surface area contributed by atoms with Gasteiger partial charge in [-0.15, -0.1) is 0 Å². The number of piperidine rings is 1. The Labute approximate surface area is 85.8 Å². The van der Waals surface area contributed by atoms with Crippen molar-refractivity contribution in [3.63, 3.8) is 0 Å². The minimum Gasteiger partial charge on any atom is -0.340 e. The van der Waals surface area contributed by atoms with Crippen LogP contribution in [0.15, 0.2) is 0 Å². The fourth-order valence-corrected chi connectivity index (χ4v) is 3.05. The van der Waals surface area contributed by atoms with Crippen LogP contribution < -0.4 is 5.32 Å². The average molecular weight is 196 g/mol. The van der Waals surface area contributed by atoms with E-state index in [1.165, 1.54) is 0 Å². The van der Waals surface area contributed by atoms with E-state index in [1.807, 2.05) is 4.90 Å². The van der Waals surface area contributed by atoms with Gasteiger partial charge in [-0.05, 0) is 39.7 Å². The lowest BCUT2D eigenvalue weighted by atomic mass is 9.78. The highest BCUT2D eigenvalue weighted by atomic mass is 16.2. The Balaban J connectivity index is 2.17. The molecule has 0 aliphatic carbocycles. The van der Waals surface area contributed by atoms with Gasteiger partial charge in [0, 0.05) is 19.1 Å². The number of likely N-dealkylation sites (tertiary alicyclic amines) is 1. The molecule has 3 heteroatoms. The summed E-state index contributed by atoms with van der Waals surface area (Å²) < 4.78 is 0. The van der Waals surface area contributed by atoms with Crippen LogP contribution in [0, 0.1) is 5.41 Å². The summed E-state index contributed by atoms with van der Waals surface area (Å²) in [4.78, 5) is 14.2. The molecule has 2 fully saturated rings. The van der Waals surface area contributed by atoms with Crippen molar-refractivity contribution in [3.8, 4) is 0 Å². The second kappa shape index (κ2) is 3.54. The first-order valence-corrected chi connectivity index (χ1v) is 5.71. The normalized spacial score (nSPS) is 38.3. The van der Waals surface area contributed by atoms with Crippen LogP contribution in [0.4, 0.5) is 0 Å². The smallest absolute Gasteiger partial charge is 0.230 e. The van der Waals surface area contributed by atoms with Gasteiger partial charge in [-0.1, -0.05) is 0 Å². The number of rotatable bonds is 1. The van der Waals surface area contributed by atoms with Gasteiger partial charge < -0.3 is 10.2 Å². The highest BCUT2D eigenvalue weighted by molar-refractivity contribution is 5.85. The number of carbonyl (C=O) groups excluding carboxylic acids is 1. The second-order valence-electron chi connectivity index (χ2n) is 4.70. The Morgan fingerprint density at radius 2 is 2.43 bits per heavy atom. The lowest BCUT2D eigenvalue weighted by Gasteiger charge is -2.31. The van der Waals surface area contributed by atoms with E-state index in [-0.39, 0.29) is 5.41 Å². The summed E-state index contributed by atoms with van der Waals surface area (Å²) in [7, 11) is 0. The van der Waals surface area contributed by atoms with Gasteiger partial charge in [-0.3, -0.25) is 4.79 Å². The monoisotopic (exact) mass is 196 g/mol. The van der Waals surface area contributed by atoms with Crippen LogP contribution in [0.5, 0.6) is 0 Å². The number of hydrogen-bond donors (Lipinski definition) is 1. The number of amides is 1. The standard InChI is InChI=1S/C11H20N2O/c1-3-13-9(2)7-11(10(13)14)5-4-6-12-8-11/h9,12H,3-8H2,1-2H3. The Morgan fingerprint density at radius 3 is 2.93 bits per heavy atom. The zero-order valence-corrected chi connectivity index (χ0v) is 9.18. The van der Waals surface area contributed by atoms with E-state index >= 15 is 0 Å². The first-order chi connectivity index (χ1) is 6.69. The third-order valence-corrected chi connectivity index (χ3v) is 3.75. The minimum atomic E-state index is -0.0479. The molecule has 2 heterocycles. The average Bonchev–Trinajstić information content (AvgIpc) is 2.40. The largest absolute Gasteiger partial charge is 0.340 e. The topological polar surface area (TPSA) is 32.3 Å². The van der Waals surface area contributed by atoms with Gasteiger partial charge in [-0.25, -0.2) is 0 Å². The van der Waals surface area contributed by atoms with Crippen molar-refractivity contribution in [2.75, 3.05) is 19.6 Å². The van der Waals surface area contributed by atoms with Gasteiger partial charge in [0.05, 0.1) is 5.41 Å². The van der Waals surface area contributed by atoms with E-state index in [1.54, 1.807) is 0 Å². The molecule has 0 aromatic heterocycles. The van der Waals surface area contributed by atoms with E-state index in [0.717, 1.165) is 38.9 Å². The lowest BCUT2D eigenvalue weighted by molar-refractivity contribution is -0.137. The molecule has 2 atom stereocenters. The number of hydrogen-bond acceptors (Lipinski definition) is 2. The van der Waals surface area contributed by atoms with Crippen molar-refractivity contribution >= 4 is 5.91 Å². The van der Waals surface area contributed by atoms with Crippen LogP contribution in [0.3, 0.4) is 0 Å². The summed E-state index contributed by atoms with van der Waals surface area (Å²) in [6.45, 7) is 7.08. The molecule has 1 spiro atoms. The molecule has 0 aromatic rings. The molecule has 2 unspecified atom stereocenters. The molecule has 0 saturated carbocycles. The molecular weight excluding hydrogens is 176 g/mol. The maximum absolute atomic E-state index is 12.2. The molecular formula is C11H20N2O. The highest BCUT2D eigenvalue weighted by Crippen LogP contribution is 2.40. The third-order valence-electron chi connectivity index (χ3n) is 3.75. The first-order valence-electron chi connectivity index (χ1n) is 5.71. The third kappa shape index (κ3) is 1.34. The second-order valence-corrected chi connectivity index (χ2v) is 4.70.